The fraction of sp³-hybridized carbons (Fsp3) is 0.333. The molecule has 0 bridgehead atoms. The van der Waals surface area contributed by atoms with Gasteiger partial charge in [-0.05, 0) is 22.9 Å². The quantitative estimate of drug-likeness (QED) is 0.710. The van der Waals surface area contributed by atoms with Gasteiger partial charge in [0, 0.05) is 11.3 Å². The van der Waals surface area contributed by atoms with E-state index in [1.807, 2.05) is 26.0 Å². The molecule has 0 saturated carbocycles. The Balaban J connectivity index is 2.48. The van der Waals surface area contributed by atoms with Crippen LogP contribution in [0.4, 0.5) is 0 Å². The molecule has 3 nitrogen and oxygen atoms in total. The first-order valence-electron chi connectivity index (χ1n) is 7.44. The van der Waals surface area contributed by atoms with E-state index in [1.54, 1.807) is 0 Å². The number of aromatic amines is 1. The Kier molecular flexibility index (Phi) is 3.28. The Hall–Kier alpha value is -2.16. The third-order valence-electron chi connectivity index (χ3n) is 3.95. The third kappa shape index (κ3) is 2.23. The molecule has 0 radical (unpaired) electrons. The van der Waals surface area contributed by atoms with Crippen molar-refractivity contribution in [2.45, 2.75) is 39.5 Å². The van der Waals surface area contributed by atoms with Crippen molar-refractivity contribution in [1.29, 1.82) is 0 Å². The smallest absolute Gasteiger partial charge is 0.258 e. The number of nitrogens with zero attached hydrogens (tertiary/aromatic N) is 1. The van der Waals surface area contributed by atoms with Crippen molar-refractivity contribution in [1.82, 2.24) is 9.97 Å². The molecular weight excluding hydrogens is 260 g/mol. The van der Waals surface area contributed by atoms with Crippen molar-refractivity contribution < 1.29 is 0 Å². The van der Waals surface area contributed by atoms with E-state index in [2.05, 4.69) is 37.0 Å². The summed E-state index contributed by atoms with van der Waals surface area (Å²) in [6.45, 7) is 8.44. The summed E-state index contributed by atoms with van der Waals surface area (Å²) in [5, 5.41) is 2.91. The van der Waals surface area contributed by atoms with Crippen molar-refractivity contribution in [3.05, 3.63) is 52.1 Å². The molecule has 3 heteroatoms. The number of benzene rings is 2. The zero-order chi connectivity index (χ0) is 15.1. The van der Waals surface area contributed by atoms with Gasteiger partial charge in [-0.15, -0.1) is 0 Å². The molecule has 0 unspecified atom stereocenters. The Morgan fingerprint density at radius 2 is 1.62 bits per heavy atom. The second kappa shape index (κ2) is 4.99. The molecule has 0 aliphatic carbocycles. The first kappa shape index (κ1) is 13.8. The molecule has 0 fully saturated rings. The largest absolute Gasteiger partial charge is 0.310 e. The molecule has 1 aromatic heterocycles. The topological polar surface area (TPSA) is 45.8 Å². The molecule has 3 aromatic rings. The van der Waals surface area contributed by atoms with Gasteiger partial charge in [-0.25, -0.2) is 4.98 Å². The Morgan fingerprint density at radius 1 is 0.905 bits per heavy atom. The van der Waals surface area contributed by atoms with Crippen LogP contribution in [0.5, 0.6) is 0 Å². The van der Waals surface area contributed by atoms with Gasteiger partial charge >= 0.3 is 0 Å². The van der Waals surface area contributed by atoms with E-state index in [9.17, 15) is 4.79 Å². The zero-order valence-corrected chi connectivity index (χ0v) is 12.9. The third-order valence-corrected chi connectivity index (χ3v) is 3.95. The van der Waals surface area contributed by atoms with E-state index < -0.39 is 0 Å². The van der Waals surface area contributed by atoms with Crippen LogP contribution in [0.1, 0.15) is 50.9 Å². The van der Waals surface area contributed by atoms with Crippen LogP contribution in [0, 0.1) is 0 Å². The number of hydrogen-bond donors (Lipinski definition) is 1. The van der Waals surface area contributed by atoms with Gasteiger partial charge in [0.1, 0.15) is 5.82 Å². The van der Waals surface area contributed by atoms with E-state index >= 15 is 0 Å². The van der Waals surface area contributed by atoms with Crippen LogP contribution in [-0.4, -0.2) is 9.97 Å². The highest BCUT2D eigenvalue weighted by atomic mass is 16.1. The number of rotatable bonds is 2. The first-order chi connectivity index (χ1) is 9.99. The zero-order valence-electron chi connectivity index (χ0n) is 12.9. The SMILES string of the molecule is CC(C)c1nc2c(ccc3c(C(C)C)cccc32)c(=O)[nH]1. The summed E-state index contributed by atoms with van der Waals surface area (Å²) in [4.78, 5) is 19.9. The Morgan fingerprint density at radius 3 is 2.29 bits per heavy atom. The van der Waals surface area contributed by atoms with Crippen molar-refractivity contribution in [3.8, 4) is 0 Å². The minimum atomic E-state index is -0.0550. The highest BCUT2D eigenvalue weighted by molar-refractivity contribution is 6.06. The van der Waals surface area contributed by atoms with Gasteiger partial charge in [0.15, 0.2) is 0 Å². The lowest BCUT2D eigenvalue weighted by molar-refractivity contribution is 0.777. The molecule has 0 amide bonds. The van der Waals surface area contributed by atoms with Crippen LogP contribution < -0.4 is 5.56 Å². The second-order valence-electron chi connectivity index (χ2n) is 6.16. The standard InChI is InChI=1S/C18H20N2O/c1-10(2)12-6-5-7-14-13(12)8-9-15-16(14)19-17(11(3)4)20-18(15)21/h5-11H,1-4H3,(H,19,20,21). The normalized spacial score (nSPS) is 11.9. The summed E-state index contributed by atoms with van der Waals surface area (Å²) in [5.74, 6) is 1.39. The lowest BCUT2D eigenvalue weighted by Gasteiger charge is -2.12. The number of nitrogens with one attached hydrogen (secondary N) is 1. The maximum Gasteiger partial charge on any atom is 0.258 e. The van der Waals surface area contributed by atoms with Crippen LogP contribution in [0.15, 0.2) is 35.1 Å². The molecular formula is C18H20N2O. The van der Waals surface area contributed by atoms with Crippen LogP contribution in [0.2, 0.25) is 0 Å². The van der Waals surface area contributed by atoms with E-state index in [4.69, 9.17) is 4.98 Å². The van der Waals surface area contributed by atoms with Crippen LogP contribution in [-0.2, 0) is 0 Å². The van der Waals surface area contributed by atoms with Crippen molar-refractivity contribution in [2.24, 2.45) is 0 Å². The molecule has 21 heavy (non-hydrogen) atoms. The molecule has 108 valence electrons. The summed E-state index contributed by atoms with van der Waals surface area (Å²) in [7, 11) is 0. The average molecular weight is 280 g/mol. The number of H-pyrrole nitrogens is 1. The average Bonchev–Trinajstić information content (AvgIpc) is 2.45. The first-order valence-corrected chi connectivity index (χ1v) is 7.44. The summed E-state index contributed by atoms with van der Waals surface area (Å²) in [6.07, 6.45) is 0. The molecule has 0 spiro atoms. The number of fused-ring (bicyclic) bond motifs is 3. The minimum Gasteiger partial charge on any atom is -0.310 e. The van der Waals surface area contributed by atoms with Gasteiger partial charge in [-0.2, -0.15) is 0 Å². The lowest BCUT2D eigenvalue weighted by atomic mass is 9.95. The predicted octanol–water partition coefficient (Wildman–Crippen LogP) is 4.32. The number of aromatic nitrogens is 2. The fourth-order valence-electron chi connectivity index (χ4n) is 2.78. The molecule has 0 saturated heterocycles. The summed E-state index contributed by atoms with van der Waals surface area (Å²) >= 11 is 0. The molecule has 0 aliphatic rings. The van der Waals surface area contributed by atoms with E-state index in [-0.39, 0.29) is 11.5 Å². The maximum atomic E-state index is 12.3. The fourth-order valence-corrected chi connectivity index (χ4v) is 2.78. The van der Waals surface area contributed by atoms with E-state index in [0.29, 0.717) is 11.3 Å². The van der Waals surface area contributed by atoms with Crippen LogP contribution in [0.3, 0.4) is 0 Å². The highest BCUT2D eigenvalue weighted by Gasteiger charge is 2.12. The van der Waals surface area contributed by atoms with E-state index in [1.165, 1.54) is 10.9 Å². The molecule has 0 aliphatic heterocycles. The van der Waals surface area contributed by atoms with Gasteiger partial charge in [0.25, 0.3) is 5.56 Å². The second-order valence-corrected chi connectivity index (χ2v) is 6.16. The monoisotopic (exact) mass is 280 g/mol. The number of hydrogen-bond acceptors (Lipinski definition) is 2. The van der Waals surface area contributed by atoms with Gasteiger partial charge in [-0.1, -0.05) is 52.0 Å². The highest BCUT2D eigenvalue weighted by Crippen LogP contribution is 2.29. The minimum absolute atomic E-state index is 0.0550. The lowest BCUT2D eigenvalue weighted by Crippen LogP contribution is -2.13. The molecule has 3 rings (SSSR count). The predicted molar refractivity (Wildman–Crippen MR) is 88.0 cm³/mol. The molecule has 2 aromatic carbocycles. The van der Waals surface area contributed by atoms with Gasteiger partial charge < -0.3 is 4.98 Å². The molecule has 0 atom stereocenters. The Bertz CT molecular complexity index is 875. The van der Waals surface area contributed by atoms with E-state index in [0.717, 1.165) is 16.7 Å². The van der Waals surface area contributed by atoms with Gasteiger partial charge in [0.05, 0.1) is 10.9 Å². The van der Waals surface area contributed by atoms with Crippen LogP contribution in [0.25, 0.3) is 21.7 Å². The summed E-state index contributed by atoms with van der Waals surface area (Å²) < 4.78 is 0. The van der Waals surface area contributed by atoms with Crippen molar-refractivity contribution in [3.63, 3.8) is 0 Å². The van der Waals surface area contributed by atoms with Gasteiger partial charge in [0.2, 0.25) is 0 Å². The Labute approximate surface area is 124 Å². The van der Waals surface area contributed by atoms with Crippen molar-refractivity contribution in [2.75, 3.05) is 0 Å². The maximum absolute atomic E-state index is 12.3. The molecule has 1 heterocycles. The molecule has 1 N–H and O–H groups in total. The van der Waals surface area contributed by atoms with Gasteiger partial charge in [-0.3, -0.25) is 4.79 Å². The van der Waals surface area contributed by atoms with Crippen LogP contribution >= 0.6 is 0 Å². The van der Waals surface area contributed by atoms with Crippen molar-refractivity contribution >= 4 is 21.7 Å². The summed E-state index contributed by atoms with van der Waals surface area (Å²) in [5.41, 5.74) is 2.05. The summed E-state index contributed by atoms with van der Waals surface area (Å²) in [6, 6.07) is 10.2.